The van der Waals surface area contributed by atoms with Crippen molar-refractivity contribution < 1.29 is 4.79 Å². The monoisotopic (exact) mass is 342 g/mol. The van der Waals surface area contributed by atoms with Crippen LogP contribution >= 0.6 is 15.9 Å². The van der Waals surface area contributed by atoms with Crippen LogP contribution in [-0.2, 0) is 11.3 Å². The lowest BCUT2D eigenvalue weighted by Crippen LogP contribution is -2.33. The number of nitrogens with two attached hydrogens (primary N) is 1. The summed E-state index contributed by atoms with van der Waals surface area (Å²) in [6, 6.07) is -0.198. The number of amides is 1. The van der Waals surface area contributed by atoms with Crippen molar-refractivity contribution in [2.75, 3.05) is 5.32 Å². The highest BCUT2D eigenvalue weighted by molar-refractivity contribution is 9.10. The zero-order valence-electron chi connectivity index (χ0n) is 11.4. The lowest BCUT2D eigenvalue weighted by Gasteiger charge is -2.25. The van der Waals surface area contributed by atoms with E-state index in [9.17, 15) is 9.59 Å². The molecule has 3 N–H and O–H groups in total. The highest BCUT2D eigenvalue weighted by Gasteiger charge is 2.20. The quantitative estimate of drug-likeness (QED) is 0.819. The third kappa shape index (κ3) is 3.59. The van der Waals surface area contributed by atoms with E-state index in [0.29, 0.717) is 22.6 Å². The van der Waals surface area contributed by atoms with Gasteiger partial charge in [0, 0.05) is 19.0 Å². The number of rotatable bonds is 6. The number of nitrogens with one attached hydrogen (secondary N) is 1. The van der Waals surface area contributed by atoms with Gasteiger partial charge < -0.3 is 11.1 Å². The van der Waals surface area contributed by atoms with Crippen LogP contribution in [0.3, 0.4) is 0 Å². The summed E-state index contributed by atoms with van der Waals surface area (Å²) in [6.45, 7) is 2.47. The first-order valence-electron chi connectivity index (χ1n) is 6.78. The van der Waals surface area contributed by atoms with Gasteiger partial charge >= 0.3 is 0 Å². The largest absolute Gasteiger partial charge is 0.377 e. The fraction of sp³-hybridized carbons (Fsp3) is 0.615. The average Bonchev–Trinajstić information content (AvgIpc) is 2.30. The molecule has 0 aliphatic heterocycles. The minimum Gasteiger partial charge on any atom is -0.377 e. The Morgan fingerprint density at radius 1 is 1.65 bits per heavy atom. The van der Waals surface area contributed by atoms with Crippen molar-refractivity contribution in [3.05, 3.63) is 21.0 Å². The molecular formula is C13H19BrN4O2. The Hall–Kier alpha value is -1.37. The van der Waals surface area contributed by atoms with Crippen LogP contribution in [0.2, 0.25) is 0 Å². The number of halogens is 1. The van der Waals surface area contributed by atoms with E-state index in [1.54, 1.807) is 6.20 Å². The summed E-state index contributed by atoms with van der Waals surface area (Å²) in [7, 11) is 0. The van der Waals surface area contributed by atoms with Crippen molar-refractivity contribution in [1.29, 1.82) is 0 Å². The average molecular weight is 343 g/mol. The van der Waals surface area contributed by atoms with E-state index in [0.717, 1.165) is 12.8 Å². The highest BCUT2D eigenvalue weighted by atomic mass is 79.9. The van der Waals surface area contributed by atoms with Gasteiger partial charge in [0.1, 0.15) is 5.69 Å². The summed E-state index contributed by atoms with van der Waals surface area (Å²) >= 11 is 3.32. The first-order valence-corrected chi connectivity index (χ1v) is 7.57. The lowest BCUT2D eigenvalue weighted by atomic mass is 9.85. The molecule has 1 aliphatic carbocycles. The molecule has 1 aliphatic rings. The molecule has 1 fully saturated rings. The highest BCUT2D eigenvalue weighted by Crippen LogP contribution is 2.27. The first kappa shape index (κ1) is 15.0. The van der Waals surface area contributed by atoms with Gasteiger partial charge in [0.15, 0.2) is 0 Å². The number of primary amides is 1. The minimum atomic E-state index is -0.398. The van der Waals surface area contributed by atoms with E-state index in [2.05, 4.69) is 26.3 Å². The van der Waals surface area contributed by atoms with Gasteiger partial charge in [-0.15, -0.1) is 0 Å². The standard InChI is InChI=1S/C13H19BrN4O2/c1-8(5-11(15)19)17-12-10(14)6-16-18(13(12)20)7-9-3-2-4-9/h6,8-9,17H,2-5,7H2,1H3,(H2,15,19). The summed E-state index contributed by atoms with van der Waals surface area (Å²) in [5.74, 6) is 0.155. The summed E-state index contributed by atoms with van der Waals surface area (Å²) < 4.78 is 2.09. The summed E-state index contributed by atoms with van der Waals surface area (Å²) in [4.78, 5) is 23.3. The van der Waals surface area contributed by atoms with Gasteiger partial charge in [0.2, 0.25) is 5.91 Å². The maximum absolute atomic E-state index is 12.4. The number of hydrogen-bond acceptors (Lipinski definition) is 4. The Balaban J connectivity index is 2.16. The van der Waals surface area contributed by atoms with Crippen LogP contribution in [0.1, 0.15) is 32.6 Å². The summed E-state index contributed by atoms with van der Waals surface area (Å²) in [5.41, 5.74) is 5.43. The first-order chi connectivity index (χ1) is 9.47. The van der Waals surface area contributed by atoms with Crippen LogP contribution in [0.25, 0.3) is 0 Å². The van der Waals surface area contributed by atoms with Gasteiger partial charge in [0.05, 0.1) is 10.7 Å². The molecule has 0 saturated heterocycles. The smallest absolute Gasteiger partial charge is 0.291 e. The molecule has 0 spiro atoms. The van der Waals surface area contributed by atoms with E-state index >= 15 is 0 Å². The number of anilines is 1. The number of aromatic nitrogens is 2. The van der Waals surface area contributed by atoms with Crippen molar-refractivity contribution in [3.63, 3.8) is 0 Å². The van der Waals surface area contributed by atoms with Crippen LogP contribution in [0, 0.1) is 5.92 Å². The maximum atomic E-state index is 12.4. The second kappa shape index (κ2) is 6.39. The molecule has 7 heteroatoms. The minimum absolute atomic E-state index is 0.164. The zero-order chi connectivity index (χ0) is 14.7. The number of carbonyl (C=O) groups is 1. The lowest BCUT2D eigenvalue weighted by molar-refractivity contribution is -0.118. The molecule has 6 nitrogen and oxygen atoms in total. The molecule has 20 heavy (non-hydrogen) atoms. The number of carbonyl (C=O) groups excluding carboxylic acids is 1. The van der Waals surface area contributed by atoms with Crippen LogP contribution < -0.4 is 16.6 Å². The predicted octanol–water partition coefficient (Wildman–Crippen LogP) is 1.48. The van der Waals surface area contributed by atoms with Gasteiger partial charge in [-0.25, -0.2) is 4.68 Å². The van der Waals surface area contributed by atoms with Gasteiger partial charge in [-0.3, -0.25) is 9.59 Å². The van der Waals surface area contributed by atoms with Gasteiger partial charge in [-0.2, -0.15) is 5.10 Å². The fourth-order valence-electron chi connectivity index (χ4n) is 2.25. The van der Waals surface area contributed by atoms with Crippen LogP contribution in [-0.4, -0.2) is 21.7 Å². The molecule has 1 aromatic rings. The number of hydrogen-bond donors (Lipinski definition) is 2. The third-order valence-electron chi connectivity index (χ3n) is 3.55. The second-order valence-electron chi connectivity index (χ2n) is 5.37. The molecule has 0 aromatic carbocycles. The van der Waals surface area contributed by atoms with Crippen molar-refractivity contribution in [3.8, 4) is 0 Å². The van der Waals surface area contributed by atoms with Crippen molar-refractivity contribution in [1.82, 2.24) is 9.78 Å². The van der Waals surface area contributed by atoms with Crippen LogP contribution in [0.4, 0.5) is 5.69 Å². The van der Waals surface area contributed by atoms with Crippen molar-refractivity contribution >= 4 is 27.5 Å². The van der Waals surface area contributed by atoms with Crippen molar-refractivity contribution in [2.45, 2.75) is 45.2 Å². The SMILES string of the molecule is CC(CC(N)=O)Nc1c(Br)cnn(CC2CCC2)c1=O. The van der Waals surface area contributed by atoms with E-state index in [1.807, 2.05) is 6.92 Å². The molecule has 1 atom stereocenters. The topological polar surface area (TPSA) is 90.0 Å². The third-order valence-corrected chi connectivity index (χ3v) is 4.15. The maximum Gasteiger partial charge on any atom is 0.291 e. The Bertz CT molecular complexity index is 554. The van der Waals surface area contributed by atoms with Gasteiger partial charge in [-0.1, -0.05) is 6.42 Å². The van der Waals surface area contributed by atoms with E-state index in [1.165, 1.54) is 11.1 Å². The van der Waals surface area contributed by atoms with E-state index in [4.69, 9.17) is 5.73 Å². The Labute approximate surface area is 125 Å². The van der Waals surface area contributed by atoms with Crippen LogP contribution in [0.5, 0.6) is 0 Å². The molecule has 2 rings (SSSR count). The second-order valence-corrected chi connectivity index (χ2v) is 6.22. The van der Waals surface area contributed by atoms with Gasteiger partial charge in [-0.05, 0) is 41.6 Å². The van der Waals surface area contributed by atoms with Crippen LogP contribution in [0.15, 0.2) is 15.5 Å². The molecular weight excluding hydrogens is 324 g/mol. The summed E-state index contributed by atoms with van der Waals surface area (Å²) in [6.07, 6.45) is 5.34. The molecule has 1 saturated carbocycles. The number of nitrogens with zero attached hydrogens (tertiary/aromatic N) is 2. The molecule has 1 amide bonds. The Morgan fingerprint density at radius 3 is 2.90 bits per heavy atom. The Morgan fingerprint density at radius 2 is 2.35 bits per heavy atom. The molecule has 1 aromatic heterocycles. The van der Waals surface area contributed by atoms with Gasteiger partial charge in [0.25, 0.3) is 5.56 Å². The fourth-order valence-corrected chi connectivity index (χ4v) is 2.62. The predicted molar refractivity (Wildman–Crippen MR) is 80.4 cm³/mol. The van der Waals surface area contributed by atoms with E-state index in [-0.39, 0.29) is 18.0 Å². The molecule has 110 valence electrons. The molecule has 0 bridgehead atoms. The summed E-state index contributed by atoms with van der Waals surface area (Å²) in [5, 5.41) is 7.19. The normalized spacial score (nSPS) is 16.5. The van der Waals surface area contributed by atoms with Crippen molar-refractivity contribution in [2.24, 2.45) is 11.7 Å². The molecule has 1 unspecified atom stereocenters. The van der Waals surface area contributed by atoms with E-state index < -0.39 is 5.91 Å². The molecule has 0 radical (unpaired) electrons. The zero-order valence-corrected chi connectivity index (χ0v) is 13.0. The Kier molecular flexibility index (Phi) is 4.80. The molecule has 1 heterocycles.